The predicted molar refractivity (Wildman–Crippen MR) is 105 cm³/mol. The average molecular weight is 397 g/mol. The van der Waals surface area contributed by atoms with E-state index in [2.05, 4.69) is 23.3 Å². The Balaban J connectivity index is 2.76. The van der Waals surface area contributed by atoms with Gasteiger partial charge in [-0.3, -0.25) is 9.59 Å². The number of nitrogens with two attached hydrogens (primary N) is 1. The molecule has 0 spiro atoms. The minimum Gasteiger partial charge on any atom is -0.508 e. The van der Waals surface area contributed by atoms with Crippen LogP contribution in [0.5, 0.6) is 5.75 Å². The molecule has 0 saturated heterocycles. The van der Waals surface area contributed by atoms with Crippen LogP contribution in [0.25, 0.3) is 0 Å². The summed E-state index contributed by atoms with van der Waals surface area (Å²) in [6.45, 7) is 3.77. The summed E-state index contributed by atoms with van der Waals surface area (Å²) in [5.74, 6) is -2.16. The number of carboxylic acids is 1. The van der Waals surface area contributed by atoms with Crippen LogP contribution in [0, 0.1) is 5.92 Å². The highest BCUT2D eigenvalue weighted by atomic mass is 32.1. The van der Waals surface area contributed by atoms with E-state index in [1.807, 2.05) is 13.8 Å². The number of carbonyl (C=O) groups is 3. The molecule has 1 aromatic carbocycles. The standard InChI is InChI=1S/C18H27N3O5S/c1-10(2)7-14(17(24)21-15(9-27)18(25)26)20-16(23)13(19)8-11-3-5-12(22)6-4-11/h3-6,10,13-15,22,27H,7-9,19H2,1-2H3,(H,20,23)(H,21,24)(H,25,26). The molecule has 9 heteroatoms. The first-order valence-electron chi connectivity index (χ1n) is 8.62. The summed E-state index contributed by atoms with van der Waals surface area (Å²) in [5.41, 5.74) is 6.69. The van der Waals surface area contributed by atoms with Crippen molar-refractivity contribution in [3.05, 3.63) is 29.8 Å². The van der Waals surface area contributed by atoms with Gasteiger partial charge in [-0.05, 0) is 36.5 Å². The van der Waals surface area contributed by atoms with Gasteiger partial charge in [0.15, 0.2) is 0 Å². The van der Waals surface area contributed by atoms with Crippen LogP contribution in [0.15, 0.2) is 24.3 Å². The second-order valence-electron chi connectivity index (χ2n) is 6.75. The van der Waals surface area contributed by atoms with Gasteiger partial charge in [-0.1, -0.05) is 26.0 Å². The van der Waals surface area contributed by atoms with Crippen molar-refractivity contribution in [1.29, 1.82) is 0 Å². The van der Waals surface area contributed by atoms with Gasteiger partial charge in [0.1, 0.15) is 17.8 Å². The second kappa shape index (κ2) is 10.8. The van der Waals surface area contributed by atoms with Crippen molar-refractivity contribution in [3.63, 3.8) is 0 Å². The van der Waals surface area contributed by atoms with E-state index in [-0.39, 0.29) is 23.8 Å². The zero-order chi connectivity index (χ0) is 20.6. The lowest BCUT2D eigenvalue weighted by atomic mass is 10.0. The van der Waals surface area contributed by atoms with E-state index < -0.39 is 35.9 Å². The molecule has 3 unspecified atom stereocenters. The molecule has 2 amide bonds. The maximum atomic E-state index is 12.4. The van der Waals surface area contributed by atoms with Gasteiger partial charge in [0.25, 0.3) is 0 Å². The van der Waals surface area contributed by atoms with Crippen LogP contribution in [-0.4, -0.2) is 51.9 Å². The number of nitrogens with one attached hydrogen (secondary N) is 2. The molecule has 3 atom stereocenters. The van der Waals surface area contributed by atoms with Gasteiger partial charge in [-0.2, -0.15) is 12.6 Å². The molecular formula is C18H27N3O5S. The zero-order valence-corrected chi connectivity index (χ0v) is 16.3. The number of rotatable bonds is 10. The van der Waals surface area contributed by atoms with Gasteiger partial charge in [0.2, 0.25) is 11.8 Å². The minimum absolute atomic E-state index is 0.0657. The quantitative estimate of drug-likeness (QED) is 0.314. The summed E-state index contributed by atoms with van der Waals surface area (Å²) >= 11 is 3.91. The molecule has 0 saturated carbocycles. The van der Waals surface area contributed by atoms with E-state index in [0.29, 0.717) is 6.42 Å². The highest BCUT2D eigenvalue weighted by molar-refractivity contribution is 7.80. The largest absolute Gasteiger partial charge is 0.508 e. The van der Waals surface area contributed by atoms with Gasteiger partial charge in [-0.25, -0.2) is 4.79 Å². The number of phenols is 1. The third-order valence-corrected chi connectivity index (χ3v) is 4.23. The lowest BCUT2D eigenvalue weighted by molar-refractivity contribution is -0.141. The van der Waals surface area contributed by atoms with E-state index in [1.54, 1.807) is 12.1 Å². The minimum atomic E-state index is -1.20. The zero-order valence-electron chi connectivity index (χ0n) is 15.4. The molecule has 0 aromatic heterocycles. The molecule has 0 fully saturated rings. The van der Waals surface area contributed by atoms with Crippen molar-refractivity contribution < 1.29 is 24.6 Å². The fraction of sp³-hybridized carbons (Fsp3) is 0.500. The Morgan fingerprint density at radius 3 is 2.11 bits per heavy atom. The van der Waals surface area contributed by atoms with Crippen LogP contribution in [0.1, 0.15) is 25.8 Å². The molecule has 6 N–H and O–H groups in total. The van der Waals surface area contributed by atoms with Gasteiger partial charge >= 0.3 is 5.97 Å². The van der Waals surface area contributed by atoms with Crippen LogP contribution in [0.2, 0.25) is 0 Å². The number of amides is 2. The number of hydrogen-bond donors (Lipinski definition) is 6. The Morgan fingerprint density at radius 2 is 1.63 bits per heavy atom. The summed E-state index contributed by atoms with van der Waals surface area (Å²) in [7, 11) is 0. The number of carbonyl (C=O) groups excluding carboxylic acids is 2. The van der Waals surface area contributed by atoms with E-state index in [1.165, 1.54) is 12.1 Å². The second-order valence-corrected chi connectivity index (χ2v) is 7.11. The van der Waals surface area contributed by atoms with Crippen molar-refractivity contribution in [2.24, 2.45) is 11.7 Å². The molecule has 0 aliphatic carbocycles. The topological polar surface area (TPSA) is 142 Å². The fourth-order valence-corrected chi connectivity index (χ4v) is 2.67. The van der Waals surface area contributed by atoms with Gasteiger partial charge in [0.05, 0.1) is 6.04 Å². The van der Waals surface area contributed by atoms with Crippen molar-refractivity contribution in [1.82, 2.24) is 10.6 Å². The van der Waals surface area contributed by atoms with E-state index >= 15 is 0 Å². The third-order valence-electron chi connectivity index (χ3n) is 3.87. The van der Waals surface area contributed by atoms with Gasteiger partial charge in [0, 0.05) is 5.75 Å². The molecule has 1 rings (SSSR count). The predicted octanol–water partition coefficient (Wildman–Crippen LogP) is 0.292. The summed E-state index contributed by atoms with van der Waals surface area (Å²) in [6.07, 6.45) is 0.568. The van der Waals surface area contributed by atoms with Crippen LogP contribution < -0.4 is 16.4 Å². The maximum Gasteiger partial charge on any atom is 0.327 e. The molecule has 27 heavy (non-hydrogen) atoms. The molecular weight excluding hydrogens is 370 g/mol. The van der Waals surface area contributed by atoms with E-state index in [9.17, 15) is 19.5 Å². The lowest BCUT2D eigenvalue weighted by Gasteiger charge is -2.23. The average Bonchev–Trinajstić information content (AvgIpc) is 2.59. The van der Waals surface area contributed by atoms with Crippen LogP contribution in [-0.2, 0) is 20.8 Å². The smallest absolute Gasteiger partial charge is 0.327 e. The molecule has 0 aliphatic heterocycles. The number of hydrogen-bond acceptors (Lipinski definition) is 6. The Hall–Kier alpha value is -2.26. The number of carboxylic acid groups (broad SMARTS) is 1. The van der Waals surface area contributed by atoms with Crippen LogP contribution in [0.4, 0.5) is 0 Å². The fourth-order valence-electron chi connectivity index (χ4n) is 2.42. The van der Waals surface area contributed by atoms with Crippen molar-refractivity contribution in [2.75, 3.05) is 5.75 Å². The molecule has 1 aromatic rings. The summed E-state index contributed by atoms with van der Waals surface area (Å²) < 4.78 is 0. The van der Waals surface area contributed by atoms with Crippen molar-refractivity contribution in [2.45, 2.75) is 44.8 Å². The third kappa shape index (κ3) is 7.88. The van der Waals surface area contributed by atoms with E-state index in [0.717, 1.165) is 5.56 Å². The highest BCUT2D eigenvalue weighted by Gasteiger charge is 2.28. The molecule has 8 nitrogen and oxygen atoms in total. The number of aromatic hydroxyl groups is 1. The molecule has 0 bridgehead atoms. The molecule has 0 heterocycles. The first kappa shape index (κ1) is 22.8. The lowest BCUT2D eigenvalue weighted by Crippen LogP contribution is -2.55. The summed E-state index contributed by atoms with van der Waals surface area (Å²) in [5, 5.41) is 23.3. The van der Waals surface area contributed by atoms with Crippen molar-refractivity contribution in [3.8, 4) is 5.75 Å². The molecule has 150 valence electrons. The van der Waals surface area contributed by atoms with Crippen molar-refractivity contribution >= 4 is 30.4 Å². The Labute approximate surface area is 163 Å². The monoisotopic (exact) mass is 397 g/mol. The summed E-state index contributed by atoms with van der Waals surface area (Å²) in [4.78, 5) is 35.9. The Kier molecular flexibility index (Phi) is 9.10. The van der Waals surface area contributed by atoms with Gasteiger partial charge < -0.3 is 26.6 Å². The Bertz CT molecular complexity index is 651. The molecule has 0 aliphatic rings. The number of benzene rings is 1. The number of aliphatic carboxylic acids is 1. The molecule has 0 radical (unpaired) electrons. The van der Waals surface area contributed by atoms with Crippen LogP contribution >= 0.6 is 12.6 Å². The first-order chi connectivity index (χ1) is 12.6. The maximum absolute atomic E-state index is 12.4. The first-order valence-corrected chi connectivity index (χ1v) is 9.25. The van der Waals surface area contributed by atoms with Gasteiger partial charge in [-0.15, -0.1) is 0 Å². The van der Waals surface area contributed by atoms with Crippen LogP contribution in [0.3, 0.4) is 0 Å². The van der Waals surface area contributed by atoms with E-state index in [4.69, 9.17) is 10.8 Å². The highest BCUT2D eigenvalue weighted by Crippen LogP contribution is 2.11. The number of phenolic OH excluding ortho intramolecular Hbond substituents is 1. The normalized spacial score (nSPS) is 14.3. The SMILES string of the molecule is CC(C)CC(NC(=O)C(N)Cc1ccc(O)cc1)C(=O)NC(CS)C(=O)O. The summed E-state index contributed by atoms with van der Waals surface area (Å²) in [6, 6.07) is 3.38. The Morgan fingerprint density at radius 1 is 1.07 bits per heavy atom. The number of thiol groups is 1.